The van der Waals surface area contributed by atoms with E-state index in [4.69, 9.17) is 25.8 Å². The van der Waals surface area contributed by atoms with Gasteiger partial charge in [0.2, 0.25) is 0 Å². The van der Waals surface area contributed by atoms with Gasteiger partial charge >= 0.3 is 0 Å². The Morgan fingerprint density at radius 1 is 0.897 bits per heavy atom. The number of pyridine rings is 1. The smallest absolute Gasteiger partial charge is 0.265 e. The predicted molar refractivity (Wildman–Crippen MR) is 112 cm³/mol. The van der Waals surface area contributed by atoms with E-state index in [9.17, 15) is 8.42 Å². The van der Waals surface area contributed by atoms with Gasteiger partial charge in [0.25, 0.3) is 10.0 Å². The van der Waals surface area contributed by atoms with Crippen LogP contribution >= 0.6 is 11.6 Å². The molecule has 1 aromatic heterocycles. The molecule has 0 aliphatic heterocycles. The lowest BCUT2D eigenvalue weighted by atomic mass is 10.1. The monoisotopic (exact) mass is 434 g/mol. The first kappa shape index (κ1) is 20.8. The van der Waals surface area contributed by atoms with Crippen molar-refractivity contribution >= 4 is 27.3 Å². The second kappa shape index (κ2) is 8.59. The van der Waals surface area contributed by atoms with Gasteiger partial charge in [-0.25, -0.2) is 8.42 Å². The summed E-state index contributed by atoms with van der Waals surface area (Å²) >= 11 is 5.96. The molecule has 0 bridgehead atoms. The molecule has 1 N–H and O–H groups in total. The minimum absolute atomic E-state index is 0.0695. The first-order valence-corrected chi connectivity index (χ1v) is 10.3. The van der Waals surface area contributed by atoms with Gasteiger partial charge in [-0.05, 0) is 36.4 Å². The average molecular weight is 435 g/mol. The quantitative estimate of drug-likeness (QED) is 0.598. The lowest BCUT2D eigenvalue weighted by molar-refractivity contribution is 0.395. The molecule has 7 nitrogen and oxygen atoms in total. The van der Waals surface area contributed by atoms with Gasteiger partial charge in [0.1, 0.15) is 22.1 Å². The van der Waals surface area contributed by atoms with Crippen LogP contribution in [0.1, 0.15) is 0 Å². The zero-order valence-corrected chi connectivity index (χ0v) is 17.5. The molecule has 0 saturated heterocycles. The van der Waals surface area contributed by atoms with Crippen LogP contribution in [0.3, 0.4) is 0 Å². The third-order valence-corrected chi connectivity index (χ3v) is 5.76. The molecule has 0 saturated carbocycles. The SMILES string of the molecule is COc1ccc(-c2cncc(NS(=O)(=O)c3cc(Cl)ccc3OC)c2)c(OC)c1. The number of nitrogens with one attached hydrogen (secondary N) is 1. The van der Waals surface area contributed by atoms with Crippen molar-refractivity contribution in [1.29, 1.82) is 0 Å². The van der Waals surface area contributed by atoms with E-state index in [1.54, 1.807) is 44.7 Å². The maximum absolute atomic E-state index is 12.9. The van der Waals surface area contributed by atoms with Gasteiger partial charge in [0.05, 0.1) is 33.2 Å². The van der Waals surface area contributed by atoms with Gasteiger partial charge in [0, 0.05) is 28.4 Å². The van der Waals surface area contributed by atoms with Crippen LogP contribution in [0.4, 0.5) is 5.69 Å². The molecule has 3 rings (SSSR count). The molecule has 0 spiro atoms. The second-order valence-electron chi connectivity index (χ2n) is 5.93. The van der Waals surface area contributed by atoms with Crippen LogP contribution < -0.4 is 18.9 Å². The molecule has 0 amide bonds. The fraction of sp³-hybridized carbons (Fsp3) is 0.150. The highest BCUT2D eigenvalue weighted by Crippen LogP contribution is 2.34. The Labute approximate surface area is 174 Å². The summed E-state index contributed by atoms with van der Waals surface area (Å²) in [6.45, 7) is 0. The van der Waals surface area contributed by atoms with Crippen LogP contribution in [-0.4, -0.2) is 34.7 Å². The molecule has 0 fully saturated rings. The van der Waals surface area contributed by atoms with Crippen LogP contribution in [0.15, 0.2) is 59.8 Å². The molecule has 1 heterocycles. The third kappa shape index (κ3) is 4.55. The Morgan fingerprint density at radius 2 is 1.66 bits per heavy atom. The number of anilines is 1. The number of methoxy groups -OCH3 is 3. The predicted octanol–water partition coefficient (Wildman–Crippen LogP) is 4.23. The van der Waals surface area contributed by atoms with Crippen LogP contribution in [0, 0.1) is 0 Å². The normalized spacial score (nSPS) is 11.0. The fourth-order valence-corrected chi connectivity index (χ4v) is 4.22. The zero-order chi connectivity index (χ0) is 21.0. The molecule has 9 heteroatoms. The van der Waals surface area contributed by atoms with Crippen LogP contribution in [-0.2, 0) is 10.0 Å². The fourth-order valence-electron chi connectivity index (χ4n) is 2.75. The molecular weight excluding hydrogens is 416 g/mol. The minimum atomic E-state index is -3.95. The van der Waals surface area contributed by atoms with Crippen molar-refractivity contribution < 1.29 is 22.6 Å². The van der Waals surface area contributed by atoms with Gasteiger partial charge in [-0.3, -0.25) is 9.71 Å². The molecule has 2 aromatic carbocycles. The van der Waals surface area contributed by atoms with Crippen molar-refractivity contribution in [2.24, 2.45) is 0 Å². The summed E-state index contributed by atoms with van der Waals surface area (Å²) in [6.07, 6.45) is 3.02. The average Bonchev–Trinajstić information content (AvgIpc) is 2.73. The molecule has 0 aliphatic rings. The first-order chi connectivity index (χ1) is 13.9. The number of ether oxygens (including phenoxy) is 3. The molecule has 0 atom stereocenters. The number of halogens is 1. The van der Waals surface area contributed by atoms with Gasteiger partial charge in [-0.1, -0.05) is 11.6 Å². The molecule has 3 aromatic rings. The summed E-state index contributed by atoms with van der Waals surface area (Å²) in [7, 11) is 0.545. The number of aromatic nitrogens is 1. The number of nitrogens with zero attached hydrogens (tertiary/aromatic N) is 1. The number of rotatable bonds is 7. The minimum Gasteiger partial charge on any atom is -0.497 e. The van der Waals surface area contributed by atoms with E-state index < -0.39 is 10.0 Å². The third-order valence-electron chi connectivity index (χ3n) is 4.13. The zero-order valence-electron chi connectivity index (χ0n) is 16.0. The highest BCUT2D eigenvalue weighted by molar-refractivity contribution is 7.92. The van der Waals surface area contributed by atoms with E-state index in [1.165, 1.54) is 25.4 Å². The van der Waals surface area contributed by atoms with Gasteiger partial charge < -0.3 is 14.2 Å². The van der Waals surface area contributed by atoms with Crippen LogP contribution in [0.2, 0.25) is 5.02 Å². The Kier molecular flexibility index (Phi) is 6.14. The van der Waals surface area contributed by atoms with Gasteiger partial charge in [0.15, 0.2) is 0 Å². The molecule has 0 unspecified atom stereocenters. The Balaban J connectivity index is 1.98. The van der Waals surface area contributed by atoms with Crippen molar-refractivity contribution in [3.63, 3.8) is 0 Å². The number of hydrogen-bond donors (Lipinski definition) is 1. The Morgan fingerprint density at radius 3 is 2.34 bits per heavy atom. The number of sulfonamides is 1. The molecule has 0 aliphatic carbocycles. The molecular formula is C20H19ClN2O5S. The summed E-state index contributed by atoms with van der Waals surface area (Å²) in [5.41, 5.74) is 1.69. The molecule has 29 heavy (non-hydrogen) atoms. The maximum atomic E-state index is 12.9. The summed E-state index contributed by atoms with van der Waals surface area (Å²) in [6, 6.07) is 11.4. The van der Waals surface area contributed by atoms with E-state index in [-0.39, 0.29) is 21.4 Å². The van der Waals surface area contributed by atoms with Crippen molar-refractivity contribution in [2.75, 3.05) is 26.1 Å². The first-order valence-electron chi connectivity index (χ1n) is 8.41. The Bertz CT molecular complexity index is 1140. The van der Waals surface area contributed by atoms with Gasteiger partial charge in [-0.2, -0.15) is 0 Å². The molecule has 152 valence electrons. The lowest BCUT2D eigenvalue weighted by Crippen LogP contribution is -2.14. The highest BCUT2D eigenvalue weighted by Gasteiger charge is 2.21. The number of benzene rings is 2. The maximum Gasteiger partial charge on any atom is 0.265 e. The Hall–Kier alpha value is -2.97. The van der Waals surface area contributed by atoms with Crippen molar-refractivity contribution in [2.45, 2.75) is 4.90 Å². The summed E-state index contributed by atoms with van der Waals surface area (Å²) in [4.78, 5) is 4.08. The standard InChI is InChI=1S/C20H19ClN2O5S/c1-26-16-5-6-17(19(10-16)28-3)13-8-15(12-22-11-13)23-29(24,25)20-9-14(21)4-7-18(20)27-2/h4-12,23H,1-3H3. The van der Waals surface area contributed by atoms with Gasteiger partial charge in [-0.15, -0.1) is 0 Å². The summed E-state index contributed by atoms with van der Waals surface area (Å²) in [5, 5.41) is 0.279. The van der Waals surface area contributed by atoms with E-state index in [1.807, 2.05) is 6.07 Å². The molecule has 0 radical (unpaired) electrons. The van der Waals surface area contributed by atoms with Crippen molar-refractivity contribution in [3.8, 4) is 28.4 Å². The van der Waals surface area contributed by atoms with E-state index in [0.717, 1.165) is 5.56 Å². The van der Waals surface area contributed by atoms with E-state index in [2.05, 4.69) is 9.71 Å². The van der Waals surface area contributed by atoms with Crippen molar-refractivity contribution in [1.82, 2.24) is 4.98 Å². The lowest BCUT2D eigenvalue weighted by Gasteiger charge is -2.14. The highest BCUT2D eigenvalue weighted by atomic mass is 35.5. The van der Waals surface area contributed by atoms with Crippen LogP contribution in [0.5, 0.6) is 17.2 Å². The topological polar surface area (TPSA) is 86.8 Å². The van der Waals surface area contributed by atoms with Crippen LogP contribution in [0.25, 0.3) is 11.1 Å². The number of hydrogen-bond acceptors (Lipinski definition) is 6. The largest absolute Gasteiger partial charge is 0.497 e. The van der Waals surface area contributed by atoms with Crippen molar-refractivity contribution in [3.05, 3.63) is 59.9 Å². The van der Waals surface area contributed by atoms with E-state index >= 15 is 0 Å². The summed E-state index contributed by atoms with van der Waals surface area (Å²) < 4.78 is 44.0. The second-order valence-corrected chi connectivity index (χ2v) is 8.02. The van der Waals surface area contributed by atoms with E-state index in [0.29, 0.717) is 17.1 Å². The summed E-state index contributed by atoms with van der Waals surface area (Å²) in [5.74, 6) is 1.40.